The maximum Gasteiger partial charge on any atom is 0.234 e. The van der Waals surface area contributed by atoms with Crippen molar-refractivity contribution in [1.82, 2.24) is 15.1 Å². The summed E-state index contributed by atoms with van der Waals surface area (Å²) in [5.74, 6) is 3.67. The number of benzene rings is 1. The first-order chi connectivity index (χ1) is 15.5. The van der Waals surface area contributed by atoms with Crippen LogP contribution in [-0.2, 0) is 9.59 Å². The van der Waals surface area contributed by atoms with Crippen LogP contribution in [0.3, 0.4) is 0 Å². The van der Waals surface area contributed by atoms with E-state index < -0.39 is 0 Å². The van der Waals surface area contributed by atoms with Crippen LogP contribution in [0.2, 0.25) is 0 Å². The molecule has 0 aromatic heterocycles. The highest BCUT2D eigenvalue weighted by Gasteiger charge is 2.55. The fourth-order valence-electron chi connectivity index (χ4n) is 7.14. The van der Waals surface area contributed by atoms with Crippen molar-refractivity contribution in [2.45, 2.75) is 45.4 Å². The number of hydrogen-bond acceptors (Lipinski definition) is 4. The number of carbonyl (C=O) groups is 2. The third kappa shape index (κ3) is 4.66. The second-order valence-corrected chi connectivity index (χ2v) is 10.8. The van der Waals surface area contributed by atoms with E-state index in [9.17, 15) is 9.59 Å². The zero-order valence-electron chi connectivity index (χ0n) is 19.4. The third-order valence-corrected chi connectivity index (χ3v) is 8.20. The molecule has 5 aliphatic rings. The van der Waals surface area contributed by atoms with Gasteiger partial charge in [0.2, 0.25) is 11.8 Å². The number of ether oxygens (including phenoxy) is 1. The van der Waals surface area contributed by atoms with Crippen LogP contribution in [0, 0.1) is 30.1 Å². The molecule has 0 spiro atoms. The molecule has 1 aliphatic heterocycles. The van der Waals surface area contributed by atoms with Crippen LogP contribution >= 0.6 is 0 Å². The highest BCUT2D eigenvalue weighted by atomic mass is 16.5. The number of rotatable bonds is 7. The van der Waals surface area contributed by atoms with Crippen LogP contribution in [0.5, 0.6) is 5.75 Å². The fourth-order valence-corrected chi connectivity index (χ4v) is 7.14. The van der Waals surface area contributed by atoms with Crippen molar-refractivity contribution in [3.8, 4) is 5.75 Å². The topological polar surface area (TPSA) is 61.9 Å². The molecule has 1 saturated heterocycles. The normalized spacial score (nSPS) is 31.5. The number of hydrogen-bond donors (Lipinski definition) is 1. The van der Waals surface area contributed by atoms with Crippen molar-refractivity contribution in [3.05, 3.63) is 29.8 Å². The predicted octanol–water partition coefficient (Wildman–Crippen LogP) is 2.85. The van der Waals surface area contributed by atoms with Crippen molar-refractivity contribution < 1.29 is 14.3 Å². The number of amides is 2. The molecule has 4 aliphatic carbocycles. The van der Waals surface area contributed by atoms with Crippen LogP contribution in [0.1, 0.15) is 44.1 Å². The van der Waals surface area contributed by atoms with Gasteiger partial charge in [-0.1, -0.05) is 12.1 Å². The lowest BCUT2D eigenvalue weighted by atomic mass is 9.49. The average molecular weight is 440 g/mol. The molecule has 0 atom stereocenters. The number of nitrogens with one attached hydrogen (secondary N) is 1. The molecule has 2 amide bonds. The monoisotopic (exact) mass is 439 g/mol. The minimum Gasteiger partial charge on any atom is -0.492 e. The largest absolute Gasteiger partial charge is 0.492 e. The van der Waals surface area contributed by atoms with Crippen LogP contribution in [0.15, 0.2) is 24.3 Å². The standard InChI is InChI=1S/C26H37N3O3/c1-19-3-2-4-23(11-19)32-10-5-27-24(30)18-28-6-8-29(9-7-28)25(31)26-15-20-12-21(16-26)14-22(13-20)17-26/h2-4,11,20-22H,5-10,12-18H2,1H3,(H,27,30). The van der Waals surface area contributed by atoms with Crippen molar-refractivity contribution in [2.24, 2.45) is 23.2 Å². The molecule has 1 N–H and O–H groups in total. The molecule has 6 rings (SSSR count). The Kier molecular flexibility index (Phi) is 6.15. The van der Waals surface area contributed by atoms with Gasteiger partial charge in [0.15, 0.2) is 0 Å². The summed E-state index contributed by atoms with van der Waals surface area (Å²) in [7, 11) is 0. The van der Waals surface area contributed by atoms with Crippen molar-refractivity contribution >= 4 is 11.8 Å². The van der Waals surface area contributed by atoms with E-state index in [0.717, 1.165) is 74.5 Å². The van der Waals surface area contributed by atoms with Gasteiger partial charge in [0.25, 0.3) is 0 Å². The van der Waals surface area contributed by atoms with Gasteiger partial charge in [-0.2, -0.15) is 0 Å². The van der Waals surface area contributed by atoms with Gasteiger partial charge in [-0.15, -0.1) is 0 Å². The lowest BCUT2D eigenvalue weighted by molar-refractivity contribution is -0.159. The van der Waals surface area contributed by atoms with E-state index in [1.165, 1.54) is 19.3 Å². The molecule has 1 aromatic rings. The Morgan fingerprint density at radius 2 is 1.69 bits per heavy atom. The Balaban J connectivity index is 1.03. The number of aryl methyl sites for hydroxylation is 1. The molecule has 6 heteroatoms. The van der Waals surface area contributed by atoms with E-state index in [4.69, 9.17) is 4.74 Å². The van der Waals surface area contributed by atoms with Gasteiger partial charge in [0.1, 0.15) is 12.4 Å². The molecular weight excluding hydrogens is 402 g/mol. The first-order valence-electron chi connectivity index (χ1n) is 12.5. The molecule has 4 saturated carbocycles. The van der Waals surface area contributed by atoms with E-state index in [0.29, 0.717) is 25.6 Å². The van der Waals surface area contributed by atoms with Gasteiger partial charge in [-0.25, -0.2) is 0 Å². The summed E-state index contributed by atoms with van der Waals surface area (Å²) in [4.78, 5) is 30.1. The van der Waals surface area contributed by atoms with E-state index in [-0.39, 0.29) is 11.3 Å². The van der Waals surface area contributed by atoms with Crippen LogP contribution in [-0.4, -0.2) is 67.5 Å². The highest BCUT2D eigenvalue weighted by molar-refractivity contribution is 5.83. The van der Waals surface area contributed by atoms with Gasteiger partial charge < -0.3 is 15.0 Å². The second-order valence-electron chi connectivity index (χ2n) is 10.8. The predicted molar refractivity (Wildman–Crippen MR) is 123 cm³/mol. The zero-order valence-corrected chi connectivity index (χ0v) is 19.4. The summed E-state index contributed by atoms with van der Waals surface area (Å²) in [5, 5.41) is 2.95. The smallest absolute Gasteiger partial charge is 0.234 e. The Morgan fingerprint density at radius 1 is 1.03 bits per heavy atom. The molecule has 0 unspecified atom stereocenters. The summed E-state index contributed by atoms with van der Waals surface area (Å²) in [6.45, 7) is 6.46. The average Bonchev–Trinajstić information content (AvgIpc) is 2.76. The minimum absolute atomic E-state index is 0.0266. The molecule has 1 heterocycles. The van der Waals surface area contributed by atoms with Crippen LogP contribution < -0.4 is 10.1 Å². The van der Waals surface area contributed by atoms with Crippen molar-refractivity contribution in [2.75, 3.05) is 45.9 Å². The molecule has 174 valence electrons. The van der Waals surface area contributed by atoms with Crippen molar-refractivity contribution in [1.29, 1.82) is 0 Å². The van der Waals surface area contributed by atoms with Gasteiger partial charge in [-0.3, -0.25) is 14.5 Å². The van der Waals surface area contributed by atoms with Gasteiger partial charge in [0, 0.05) is 26.2 Å². The maximum absolute atomic E-state index is 13.5. The van der Waals surface area contributed by atoms with Crippen LogP contribution in [0.4, 0.5) is 0 Å². The summed E-state index contributed by atoms with van der Waals surface area (Å²) in [6, 6.07) is 7.92. The first-order valence-corrected chi connectivity index (χ1v) is 12.5. The molecule has 0 radical (unpaired) electrons. The zero-order chi connectivity index (χ0) is 22.1. The number of nitrogens with zero attached hydrogens (tertiary/aromatic N) is 2. The number of piperazine rings is 1. The van der Waals surface area contributed by atoms with Gasteiger partial charge in [0.05, 0.1) is 18.5 Å². The Hall–Kier alpha value is -2.08. The Labute approximate surface area is 191 Å². The second kappa shape index (κ2) is 9.05. The molecule has 1 aromatic carbocycles. The minimum atomic E-state index is -0.0500. The molecular formula is C26H37N3O3. The maximum atomic E-state index is 13.5. The molecule has 6 nitrogen and oxygen atoms in total. The quantitative estimate of drug-likeness (QED) is 0.664. The highest BCUT2D eigenvalue weighted by Crippen LogP contribution is 2.60. The number of carbonyl (C=O) groups excluding carboxylic acids is 2. The molecule has 32 heavy (non-hydrogen) atoms. The Bertz CT molecular complexity index is 811. The summed E-state index contributed by atoms with van der Waals surface area (Å²) < 4.78 is 5.70. The van der Waals surface area contributed by atoms with Crippen molar-refractivity contribution in [3.63, 3.8) is 0 Å². The fraction of sp³-hybridized carbons (Fsp3) is 0.692. The van der Waals surface area contributed by atoms with E-state index in [1.807, 2.05) is 31.2 Å². The van der Waals surface area contributed by atoms with Gasteiger partial charge in [-0.05, 0) is 80.9 Å². The third-order valence-electron chi connectivity index (χ3n) is 8.20. The van der Waals surface area contributed by atoms with E-state index in [1.54, 1.807) is 0 Å². The lowest BCUT2D eigenvalue weighted by Gasteiger charge is -2.57. The summed E-state index contributed by atoms with van der Waals surface area (Å²) >= 11 is 0. The molecule has 5 fully saturated rings. The van der Waals surface area contributed by atoms with Crippen LogP contribution in [0.25, 0.3) is 0 Å². The Morgan fingerprint density at radius 3 is 2.31 bits per heavy atom. The first kappa shape index (κ1) is 21.7. The van der Waals surface area contributed by atoms with E-state index >= 15 is 0 Å². The SMILES string of the molecule is Cc1cccc(OCCNC(=O)CN2CCN(C(=O)C34CC5CC(CC(C5)C3)C4)CC2)c1. The summed E-state index contributed by atoms with van der Waals surface area (Å²) in [6.07, 6.45) is 7.49. The lowest BCUT2D eigenvalue weighted by Crippen LogP contribution is -2.58. The summed E-state index contributed by atoms with van der Waals surface area (Å²) in [5.41, 5.74) is 1.11. The van der Waals surface area contributed by atoms with E-state index in [2.05, 4.69) is 15.1 Å². The van der Waals surface area contributed by atoms with Gasteiger partial charge >= 0.3 is 0 Å². The molecule has 4 bridgehead atoms.